The number of carboxylic acids is 1. The van der Waals surface area contributed by atoms with Gasteiger partial charge in [0.2, 0.25) is 0 Å². The van der Waals surface area contributed by atoms with Crippen molar-refractivity contribution in [1.82, 2.24) is 10.2 Å². The summed E-state index contributed by atoms with van der Waals surface area (Å²) in [6.07, 6.45) is 1.64. The third-order valence-electron chi connectivity index (χ3n) is 2.46. The Labute approximate surface area is 114 Å². The lowest BCUT2D eigenvalue weighted by atomic mass is 10.2. The van der Waals surface area contributed by atoms with Crippen LogP contribution in [0.15, 0.2) is 0 Å². The first-order valence-corrected chi connectivity index (χ1v) is 6.59. The van der Waals surface area contributed by atoms with Gasteiger partial charge < -0.3 is 15.3 Å². The second kappa shape index (κ2) is 10.2. The van der Waals surface area contributed by atoms with E-state index in [0.717, 1.165) is 0 Å². The second-order valence-electron chi connectivity index (χ2n) is 4.83. The van der Waals surface area contributed by atoms with Gasteiger partial charge in [0.1, 0.15) is 0 Å². The minimum absolute atomic E-state index is 0.125. The number of carbonyl (C=O) groups is 2. The van der Waals surface area contributed by atoms with Gasteiger partial charge in [-0.1, -0.05) is 13.8 Å². The van der Waals surface area contributed by atoms with Crippen LogP contribution in [-0.4, -0.2) is 41.6 Å². The molecule has 6 nitrogen and oxygen atoms in total. The largest absolute Gasteiger partial charge is 0.481 e. The number of aliphatic carboxylic acids is 1. The zero-order chi connectivity index (χ0) is 14.7. The number of rotatable bonds is 9. The van der Waals surface area contributed by atoms with Crippen molar-refractivity contribution in [2.24, 2.45) is 5.92 Å². The Morgan fingerprint density at radius 1 is 1.37 bits per heavy atom. The van der Waals surface area contributed by atoms with E-state index in [1.165, 1.54) is 0 Å². The summed E-state index contributed by atoms with van der Waals surface area (Å²) in [5.74, 6) is -0.474. The number of nitriles is 1. The lowest BCUT2D eigenvalue weighted by Gasteiger charge is -2.23. The number of unbranched alkanes of at least 4 members (excludes halogenated alkanes) is 1. The van der Waals surface area contributed by atoms with E-state index in [1.807, 2.05) is 19.9 Å². The highest BCUT2D eigenvalue weighted by atomic mass is 16.4. The third kappa shape index (κ3) is 9.89. The molecule has 0 atom stereocenters. The van der Waals surface area contributed by atoms with Crippen LogP contribution in [0.25, 0.3) is 0 Å². The van der Waals surface area contributed by atoms with Crippen LogP contribution >= 0.6 is 0 Å². The third-order valence-corrected chi connectivity index (χ3v) is 2.46. The molecule has 0 aromatic rings. The molecule has 0 aromatic heterocycles. The van der Waals surface area contributed by atoms with Crippen molar-refractivity contribution in [3.63, 3.8) is 0 Å². The molecule has 0 saturated carbocycles. The van der Waals surface area contributed by atoms with Crippen LogP contribution in [0.3, 0.4) is 0 Å². The van der Waals surface area contributed by atoms with Crippen LogP contribution in [0.5, 0.6) is 0 Å². The first-order chi connectivity index (χ1) is 8.97. The lowest BCUT2D eigenvalue weighted by molar-refractivity contribution is -0.137. The molecular formula is C13H23N3O3. The van der Waals surface area contributed by atoms with Gasteiger partial charge in [-0.2, -0.15) is 5.26 Å². The Bertz CT molecular complexity index is 324. The standard InChI is InChI=1S/C13H23N3O3/c1-11(2)10-16(9-5-7-14)13(19)15-8-4-3-6-12(17)18/h11H,3-6,8-10H2,1-2H3,(H,15,19)(H,17,18). The highest BCUT2D eigenvalue weighted by molar-refractivity contribution is 5.74. The van der Waals surface area contributed by atoms with E-state index in [4.69, 9.17) is 10.4 Å². The molecule has 0 bridgehead atoms. The molecule has 2 amide bonds. The fourth-order valence-corrected chi connectivity index (χ4v) is 1.61. The van der Waals surface area contributed by atoms with Crippen LogP contribution in [0, 0.1) is 17.2 Å². The quantitative estimate of drug-likeness (QED) is 0.624. The van der Waals surface area contributed by atoms with Gasteiger partial charge in [-0.25, -0.2) is 4.79 Å². The van der Waals surface area contributed by atoms with Gasteiger partial charge >= 0.3 is 12.0 Å². The lowest BCUT2D eigenvalue weighted by Crippen LogP contribution is -2.42. The van der Waals surface area contributed by atoms with Gasteiger partial charge in [0.05, 0.1) is 12.5 Å². The minimum Gasteiger partial charge on any atom is -0.481 e. The fraction of sp³-hybridized carbons (Fsp3) is 0.769. The van der Waals surface area contributed by atoms with E-state index in [-0.39, 0.29) is 12.5 Å². The average molecular weight is 269 g/mol. The van der Waals surface area contributed by atoms with Crippen LogP contribution in [0.2, 0.25) is 0 Å². The van der Waals surface area contributed by atoms with E-state index in [0.29, 0.717) is 44.8 Å². The molecule has 0 aliphatic heterocycles. The molecule has 0 saturated heterocycles. The normalized spacial score (nSPS) is 10.0. The van der Waals surface area contributed by atoms with Gasteiger partial charge in [0, 0.05) is 26.1 Å². The number of urea groups is 1. The summed E-state index contributed by atoms with van der Waals surface area (Å²) in [5.41, 5.74) is 0. The van der Waals surface area contributed by atoms with E-state index in [1.54, 1.807) is 4.90 Å². The number of amides is 2. The Kier molecular flexibility index (Phi) is 9.23. The number of carboxylic acid groups (broad SMARTS) is 1. The molecule has 0 aromatic carbocycles. The van der Waals surface area contributed by atoms with Crippen molar-refractivity contribution < 1.29 is 14.7 Å². The van der Waals surface area contributed by atoms with E-state index in [9.17, 15) is 9.59 Å². The van der Waals surface area contributed by atoms with Crippen molar-refractivity contribution in [1.29, 1.82) is 5.26 Å². The Morgan fingerprint density at radius 2 is 2.05 bits per heavy atom. The number of hydrogen-bond acceptors (Lipinski definition) is 3. The van der Waals surface area contributed by atoms with Gasteiger partial charge in [-0.05, 0) is 18.8 Å². The maximum Gasteiger partial charge on any atom is 0.317 e. The van der Waals surface area contributed by atoms with Crippen molar-refractivity contribution in [3.05, 3.63) is 0 Å². The zero-order valence-corrected chi connectivity index (χ0v) is 11.7. The van der Waals surface area contributed by atoms with Crippen molar-refractivity contribution >= 4 is 12.0 Å². The number of nitrogens with zero attached hydrogens (tertiary/aromatic N) is 2. The first-order valence-electron chi connectivity index (χ1n) is 6.59. The summed E-state index contributed by atoms with van der Waals surface area (Å²) in [6.45, 7) is 5.53. The Morgan fingerprint density at radius 3 is 2.58 bits per heavy atom. The molecule has 0 radical (unpaired) electrons. The minimum atomic E-state index is -0.818. The number of nitrogens with one attached hydrogen (secondary N) is 1. The predicted molar refractivity (Wildman–Crippen MR) is 71.5 cm³/mol. The second-order valence-corrected chi connectivity index (χ2v) is 4.83. The zero-order valence-electron chi connectivity index (χ0n) is 11.7. The molecule has 19 heavy (non-hydrogen) atoms. The van der Waals surface area contributed by atoms with Gasteiger partial charge in [-0.15, -0.1) is 0 Å². The molecule has 2 N–H and O–H groups in total. The number of hydrogen-bond donors (Lipinski definition) is 2. The molecule has 0 heterocycles. The molecule has 0 aliphatic carbocycles. The summed E-state index contributed by atoms with van der Waals surface area (Å²) < 4.78 is 0. The smallest absolute Gasteiger partial charge is 0.317 e. The fourth-order valence-electron chi connectivity index (χ4n) is 1.61. The maximum absolute atomic E-state index is 11.9. The molecule has 6 heteroatoms. The molecule has 0 spiro atoms. The van der Waals surface area contributed by atoms with Crippen molar-refractivity contribution in [2.75, 3.05) is 19.6 Å². The van der Waals surface area contributed by atoms with Crippen LogP contribution in [0.4, 0.5) is 4.79 Å². The molecule has 0 fully saturated rings. The van der Waals surface area contributed by atoms with Gasteiger partial charge in [0.15, 0.2) is 0 Å². The summed E-state index contributed by atoms with van der Waals surface area (Å²) in [5, 5.41) is 19.8. The Hall–Kier alpha value is -1.77. The van der Waals surface area contributed by atoms with E-state index in [2.05, 4.69) is 5.32 Å². The predicted octanol–water partition coefficient (Wildman–Crippen LogP) is 1.82. The topological polar surface area (TPSA) is 93.4 Å². The van der Waals surface area contributed by atoms with Gasteiger partial charge in [-0.3, -0.25) is 4.79 Å². The van der Waals surface area contributed by atoms with Crippen LogP contribution in [0.1, 0.15) is 39.5 Å². The van der Waals surface area contributed by atoms with Crippen molar-refractivity contribution in [2.45, 2.75) is 39.5 Å². The Balaban J connectivity index is 3.96. The summed E-state index contributed by atoms with van der Waals surface area (Å²) in [7, 11) is 0. The van der Waals surface area contributed by atoms with E-state index < -0.39 is 5.97 Å². The summed E-state index contributed by atoms with van der Waals surface area (Å²) >= 11 is 0. The monoisotopic (exact) mass is 269 g/mol. The highest BCUT2D eigenvalue weighted by Crippen LogP contribution is 2.01. The molecular weight excluding hydrogens is 246 g/mol. The van der Waals surface area contributed by atoms with Crippen LogP contribution in [-0.2, 0) is 4.79 Å². The SMILES string of the molecule is CC(C)CN(CCC#N)C(=O)NCCCCC(=O)O. The summed E-state index contributed by atoms with van der Waals surface area (Å²) in [4.78, 5) is 23.8. The average Bonchev–Trinajstić information content (AvgIpc) is 2.32. The van der Waals surface area contributed by atoms with E-state index >= 15 is 0 Å². The van der Waals surface area contributed by atoms with Gasteiger partial charge in [0.25, 0.3) is 0 Å². The number of carbonyl (C=O) groups excluding carboxylic acids is 1. The molecule has 0 unspecified atom stereocenters. The molecule has 0 rings (SSSR count). The van der Waals surface area contributed by atoms with Crippen molar-refractivity contribution in [3.8, 4) is 6.07 Å². The van der Waals surface area contributed by atoms with Crippen LogP contribution < -0.4 is 5.32 Å². The highest BCUT2D eigenvalue weighted by Gasteiger charge is 2.13. The molecule has 108 valence electrons. The first kappa shape index (κ1) is 17.2. The molecule has 0 aliphatic rings. The summed E-state index contributed by atoms with van der Waals surface area (Å²) in [6, 6.07) is 1.85. The maximum atomic E-state index is 11.9.